The van der Waals surface area contributed by atoms with E-state index in [9.17, 15) is 14.0 Å². The van der Waals surface area contributed by atoms with Crippen LogP contribution >= 0.6 is 0 Å². The fourth-order valence-corrected chi connectivity index (χ4v) is 2.53. The molecule has 3 N–H and O–H groups in total. The van der Waals surface area contributed by atoms with Crippen molar-refractivity contribution in [1.29, 1.82) is 0 Å². The van der Waals surface area contributed by atoms with Gasteiger partial charge in [0.25, 0.3) is 0 Å². The summed E-state index contributed by atoms with van der Waals surface area (Å²) in [7, 11) is 0. The molecule has 1 aliphatic rings. The van der Waals surface area contributed by atoms with Crippen molar-refractivity contribution in [3.05, 3.63) is 59.9 Å². The summed E-state index contributed by atoms with van der Waals surface area (Å²) in [6.07, 6.45) is 0.885. The maximum absolute atomic E-state index is 12.9. The number of aryl methyl sites for hydroxylation is 1. The number of nitrogens with one attached hydrogen (secondary N) is 3. The highest BCUT2D eigenvalue weighted by Crippen LogP contribution is 2.14. The monoisotopic (exact) mass is 354 g/mol. The molecule has 26 heavy (non-hydrogen) atoms. The van der Waals surface area contributed by atoms with Crippen molar-refractivity contribution in [2.75, 3.05) is 10.6 Å². The number of hydrogen-bond donors (Lipinski definition) is 3. The van der Waals surface area contributed by atoms with E-state index in [4.69, 9.17) is 0 Å². The number of halogens is 1. The van der Waals surface area contributed by atoms with Crippen LogP contribution in [0.25, 0.3) is 0 Å². The van der Waals surface area contributed by atoms with Crippen LogP contribution in [0.1, 0.15) is 18.9 Å². The summed E-state index contributed by atoms with van der Waals surface area (Å²) >= 11 is 0. The molecule has 2 aromatic rings. The van der Waals surface area contributed by atoms with Gasteiger partial charge >= 0.3 is 0 Å². The van der Waals surface area contributed by atoms with Gasteiger partial charge < -0.3 is 10.6 Å². The molecule has 0 radical (unpaired) electrons. The largest absolute Gasteiger partial charge is 0.326 e. The molecule has 2 aromatic carbocycles. The third kappa shape index (κ3) is 4.44. The highest BCUT2D eigenvalue weighted by Gasteiger charge is 2.27. The Hall–Kier alpha value is -3.22. The van der Waals surface area contributed by atoms with Crippen LogP contribution in [0.5, 0.6) is 0 Å². The minimum atomic E-state index is -0.855. The van der Waals surface area contributed by atoms with E-state index < -0.39 is 17.8 Å². The summed E-state index contributed by atoms with van der Waals surface area (Å²) in [5.74, 6) is -0.887. The third-order valence-corrected chi connectivity index (χ3v) is 3.96. The third-order valence-electron chi connectivity index (χ3n) is 3.96. The van der Waals surface area contributed by atoms with Crippen LogP contribution in [0.4, 0.5) is 15.8 Å². The predicted octanol–water partition coefficient (Wildman–Crippen LogP) is 2.68. The van der Waals surface area contributed by atoms with E-state index in [1.54, 1.807) is 0 Å². The number of benzene rings is 2. The lowest BCUT2D eigenvalue weighted by molar-refractivity contribution is -0.124. The second-order valence-corrected chi connectivity index (χ2v) is 5.92. The van der Waals surface area contributed by atoms with Crippen molar-refractivity contribution in [2.45, 2.75) is 25.8 Å². The van der Waals surface area contributed by atoms with Gasteiger partial charge in [0.1, 0.15) is 11.9 Å². The van der Waals surface area contributed by atoms with E-state index in [1.165, 1.54) is 29.8 Å². The summed E-state index contributed by atoms with van der Waals surface area (Å²) in [5.41, 5.74) is 2.41. The van der Waals surface area contributed by atoms with Gasteiger partial charge in [-0.05, 0) is 48.4 Å². The predicted molar refractivity (Wildman–Crippen MR) is 98.5 cm³/mol. The van der Waals surface area contributed by atoms with E-state index in [2.05, 4.69) is 27.9 Å². The van der Waals surface area contributed by atoms with Crippen molar-refractivity contribution in [3.8, 4) is 0 Å². The maximum Gasteiger partial charge on any atom is 0.249 e. The number of carbonyl (C=O) groups is 2. The van der Waals surface area contributed by atoms with Crippen LogP contribution in [0.2, 0.25) is 0 Å². The summed E-state index contributed by atoms with van der Waals surface area (Å²) in [4.78, 5) is 28.5. The lowest BCUT2D eigenvalue weighted by Gasteiger charge is -2.21. The van der Waals surface area contributed by atoms with Gasteiger partial charge in [0, 0.05) is 11.4 Å². The summed E-state index contributed by atoms with van der Waals surface area (Å²) in [6.45, 7) is 2.07. The normalized spacial score (nSPS) is 16.5. The molecule has 0 saturated heterocycles. The molecule has 2 amide bonds. The number of anilines is 2. The van der Waals surface area contributed by atoms with Crippen molar-refractivity contribution >= 4 is 29.1 Å². The molecule has 0 aromatic heterocycles. The molecule has 1 unspecified atom stereocenters. The van der Waals surface area contributed by atoms with Crippen molar-refractivity contribution in [2.24, 2.45) is 4.99 Å². The Balaban J connectivity index is 1.70. The molecule has 134 valence electrons. The maximum atomic E-state index is 12.9. The Morgan fingerprint density at radius 2 is 1.81 bits per heavy atom. The Kier molecular flexibility index (Phi) is 5.26. The smallest absolute Gasteiger partial charge is 0.249 e. The van der Waals surface area contributed by atoms with Gasteiger partial charge in [0.05, 0.1) is 6.42 Å². The molecule has 6 nitrogen and oxygen atoms in total. The average molecular weight is 354 g/mol. The first-order valence-corrected chi connectivity index (χ1v) is 8.33. The molecule has 0 spiro atoms. The van der Waals surface area contributed by atoms with E-state index in [0.29, 0.717) is 5.69 Å². The SMILES string of the molecule is CCc1ccc(NC2=NC(C(=O)Nc3ccc(F)cc3)CC(=O)N2)cc1. The number of hydrogen-bond acceptors (Lipinski definition) is 4. The molecule has 1 heterocycles. The molecule has 7 heteroatoms. The van der Waals surface area contributed by atoms with Crippen LogP contribution in [-0.2, 0) is 16.0 Å². The zero-order chi connectivity index (χ0) is 18.5. The average Bonchev–Trinajstić information content (AvgIpc) is 2.64. The lowest BCUT2D eigenvalue weighted by atomic mass is 10.1. The highest BCUT2D eigenvalue weighted by atomic mass is 19.1. The summed E-state index contributed by atoms with van der Waals surface area (Å²) in [6, 6.07) is 12.3. The van der Waals surface area contributed by atoms with Gasteiger partial charge in [-0.25, -0.2) is 9.38 Å². The minimum absolute atomic E-state index is 0.0486. The molecule has 0 saturated carbocycles. The van der Waals surface area contributed by atoms with Crippen LogP contribution in [-0.4, -0.2) is 23.8 Å². The lowest BCUT2D eigenvalue weighted by Crippen LogP contribution is -2.45. The van der Waals surface area contributed by atoms with Crippen LogP contribution < -0.4 is 16.0 Å². The number of rotatable bonds is 4. The van der Waals surface area contributed by atoms with Gasteiger partial charge in [0.15, 0.2) is 0 Å². The summed E-state index contributed by atoms with van der Waals surface area (Å²) < 4.78 is 12.9. The van der Waals surface area contributed by atoms with Gasteiger partial charge in [-0.3, -0.25) is 14.9 Å². The molecular weight excluding hydrogens is 335 g/mol. The molecule has 0 bridgehead atoms. The van der Waals surface area contributed by atoms with Crippen molar-refractivity contribution in [1.82, 2.24) is 5.32 Å². The number of amides is 2. The van der Waals surface area contributed by atoms with Crippen LogP contribution in [0, 0.1) is 5.82 Å². The van der Waals surface area contributed by atoms with E-state index in [1.807, 2.05) is 24.3 Å². The molecule has 1 atom stereocenters. The van der Waals surface area contributed by atoms with Gasteiger partial charge in [-0.15, -0.1) is 0 Å². The Bertz CT molecular complexity index is 832. The van der Waals surface area contributed by atoms with E-state index in [0.717, 1.165) is 12.1 Å². The molecule has 0 fully saturated rings. The second-order valence-electron chi connectivity index (χ2n) is 5.92. The first-order chi connectivity index (χ1) is 12.5. The van der Waals surface area contributed by atoms with Gasteiger partial charge in [-0.2, -0.15) is 0 Å². The Morgan fingerprint density at radius 3 is 2.46 bits per heavy atom. The Morgan fingerprint density at radius 1 is 1.15 bits per heavy atom. The Labute approximate surface area is 150 Å². The molecular formula is C19H19FN4O2. The topological polar surface area (TPSA) is 82.6 Å². The minimum Gasteiger partial charge on any atom is -0.326 e. The number of aliphatic imine (C=N–C) groups is 1. The zero-order valence-corrected chi connectivity index (χ0v) is 14.3. The number of nitrogens with zero attached hydrogens (tertiary/aromatic N) is 1. The zero-order valence-electron chi connectivity index (χ0n) is 14.3. The molecule has 3 rings (SSSR count). The molecule has 0 aliphatic carbocycles. The fourth-order valence-electron chi connectivity index (χ4n) is 2.53. The first-order valence-electron chi connectivity index (χ1n) is 8.33. The first kappa shape index (κ1) is 17.6. The molecule has 1 aliphatic heterocycles. The van der Waals surface area contributed by atoms with E-state index in [-0.39, 0.29) is 18.3 Å². The second kappa shape index (κ2) is 7.77. The number of guanidine groups is 1. The fraction of sp³-hybridized carbons (Fsp3) is 0.211. The standard InChI is InChI=1S/C19H19FN4O2/c1-2-12-3-7-15(8-4-12)22-19-23-16(11-17(25)24-19)18(26)21-14-9-5-13(20)6-10-14/h3-10,16H,2,11H2,1H3,(H,21,26)(H2,22,23,24,25). The van der Waals surface area contributed by atoms with Crippen LogP contribution in [0.3, 0.4) is 0 Å². The van der Waals surface area contributed by atoms with Gasteiger partial charge in [-0.1, -0.05) is 19.1 Å². The van der Waals surface area contributed by atoms with Crippen molar-refractivity contribution in [3.63, 3.8) is 0 Å². The highest BCUT2D eigenvalue weighted by molar-refractivity contribution is 6.09. The quantitative estimate of drug-likeness (QED) is 0.789. The number of carbonyl (C=O) groups excluding carboxylic acids is 2. The summed E-state index contributed by atoms with van der Waals surface area (Å²) in [5, 5.41) is 8.27. The van der Waals surface area contributed by atoms with E-state index >= 15 is 0 Å². The van der Waals surface area contributed by atoms with Gasteiger partial charge in [0.2, 0.25) is 17.8 Å². The van der Waals surface area contributed by atoms with Crippen molar-refractivity contribution < 1.29 is 14.0 Å². The van der Waals surface area contributed by atoms with Crippen LogP contribution in [0.15, 0.2) is 53.5 Å².